The van der Waals surface area contributed by atoms with Gasteiger partial charge >= 0.3 is 11.9 Å². The number of Topliss-reactive ketones (excluding diaryl/α,β-unsaturated/α-hetero) is 1. The fraction of sp³-hybridized carbons (Fsp3) is 0.143. The number of ketones is 1. The van der Waals surface area contributed by atoms with Gasteiger partial charge < -0.3 is 14.3 Å². The lowest BCUT2D eigenvalue weighted by Crippen LogP contribution is -2.29. The zero-order valence-corrected chi connectivity index (χ0v) is 16.8. The Morgan fingerprint density at radius 2 is 1.93 bits per heavy atom. The number of aromatic nitrogens is 1. The summed E-state index contributed by atoms with van der Waals surface area (Å²) < 4.78 is 10.2. The summed E-state index contributed by atoms with van der Waals surface area (Å²) in [6.07, 6.45) is 1.41. The Balaban J connectivity index is 1.90. The molecule has 1 N–H and O–H groups in total. The van der Waals surface area contributed by atoms with Crippen LogP contribution in [0.4, 0.5) is 5.13 Å². The van der Waals surface area contributed by atoms with Crippen LogP contribution in [0.25, 0.3) is 5.76 Å². The monoisotopic (exact) mass is 424 g/mol. The van der Waals surface area contributed by atoms with Crippen LogP contribution in [0, 0.1) is 6.92 Å². The zero-order chi connectivity index (χ0) is 21.4. The first-order chi connectivity index (χ1) is 14.4. The van der Waals surface area contributed by atoms with Gasteiger partial charge in [0.25, 0.3) is 5.78 Å². The summed E-state index contributed by atoms with van der Waals surface area (Å²) in [6, 6.07) is 10.6. The fourth-order valence-corrected chi connectivity index (χ4v) is 4.28. The van der Waals surface area contributed by atoms with E-state index in [1.54, 1.807) is 49.4 Å². The molecule has 1 aliphatic rings. The van der Waals surface area contributed by atoms with Crippen LogP contribution in [0.5, 0.6) is 0 Å². The first kappa shape index (κ1) is 19.6. The molecule has 8 nitrogen and oxygen atoms in total. The van der Waals surface area contributed by atoms with Crippen LogP contribution in [0.2, 0.25) is 0 Å². The highest BCUT2D eigenvalue weighted by Crippen LogP contribution is 2.43. The molecule has 1 fully saturated rings. The van der Waals surface area contributed by atoms with Crippen molar-refractivity contribution in [3.05, 3.63) is 76.2 Å². The summed E-state index contributed by atoms with van der Waals surface area (Å²) in [5.74, 6) is -2.38. The van der Waals surface area contributed by atoms with Gasteiger partial charge in [-0.2, -0.15) is 0 Å². The van der Waals surface area contributed by atoms with Gasteiger partial charge in [-0.15, -0.1) is 0 Å². The van der Waals surface area contributed by atoms with Gasteiger partial charge in [-0.25, -0.2) is 9.78 Å². The van der Waals surface area contributed by atoms with Crippen molar-refractivity contribution in [2.24, 2.45) is 0 Å². The van der Waals surface area contributed by atoms with E-state index in [1.165, 1.54) is 13.4 Å². The SMILES string of the molecule is COC(=O)c1sc(N2C(=O)C(=O)/C(=C(/O)c3ccccc3)[C@H]2c2ccco2)nc1C. The third kappa shape index (κ3) is 3.09. The van der Waals surface area contributed by atoms with Gasteiger partial charge in [-0.3, -0.25) is 14.5 Å². The van der Waals surface area contributed by atoms with Crippen LogP contribution >= 0.6 is 11.3 Å². The lowest BCUT2D eigenvalue weighted by atomic mass is 9.99. The molecule has 0 unspecified atom stereocenters. The summed E-state index contributed by atoms with van der Waals surface area (Å²) >= 11 is 0.927. The van der Waals surface area contributed by atoms with Crippen LogP contribution < -0.4 is 4.90 Å². The van der Waals surface area contributed by atoms with Crippen LogP contribution in [0.3, 0.4) is 0 Å². The lowest BCUT2D eigenvalue weighted by Gasteiger charge is -2.20. The maximum Gasteiger partial charge on any atom is 0.350 e. The van der Waals surface area contributed by atoms with Gasteiger partial charge in [0.2, 0.25) is 0 Å². The molecular weight excluding hydrogens is 408 g/mol. The molecule has 152 valence electrons. The van der Waals surface area contributed by atoms with Crippen molar-refractivity contribution in [3.63, 3.8) is 0 Å². The van der Waals surface area contributed by atoms with E-state index in [-0.39, 0.29) is 27.1 Å². The minimum absolute atomic E-state index is 0.117. The minimum atomic E-state index is -1.03. The Kier molecular flexibility index (Phi) is 4.96. The van der Waals surface area contributed by atoms with Gasteiger partial charge in [0.05, 0.1) is 24.6 Å². The maximum absolute atomic E-state index is 13.0. The molecule has 0 radical (unpaired) electrons. The van der Waals surface area contributed by atoms with Gasteiger partial charge in [0.15, 0.2) is 5.13 Å². The number of carbonyl (C=O) groups is 3. The number of anilines is 1. The molecule has 0 saturated carbocycles. The van der Waals surface area contributed by atoms with E-state index in [1.807, 2.05) is 0 Å². The number of amides is 1. The fourth-order valence-electron chi connectivity index (χ4n) is 3.26. The van der Waals surface area contributed by atoms with E-state index in [2.05, 4.69) is 4.98 Å². The van der Waals surface area contributed by atoms with Crippen LogP contribution in [0.1, 0.15) is 32.7 Å². The van der Waals surface area contributed by atoms with E-state index in [4.69, 9.17) is 9.15 Å². The van der Waals surface area contributed by atoms with Crippen molar-refractivity contribution in [1.82, 2.24) is 4.98 Å². The molecule has 1 saturated heterocycles. The van der Waals surface area contributed by atoms with E-state index < -0.39 is 23.7 Å². The number of esters is 1. The van der Waals surface area contributed by atoms with Crippen molar-refractivity contribution in [1.29, 1.82) is 0 Å². The Morgan fingerprint density at radius 1 is 1.20 bits per heavy atom. The second-order valence-corrected chi connectivity index (χ2v) is 7.43. The Labute approximate surface area is 175 Å². The van der Waals surface area contributed by atoms with Crippen molar-refractivity contribution < 1.29 is 28.6 Å². The van der Waals surface area contributed by atoms with E-state index >= 15 is 0 Å². The predicted octanol–water partition coefficient (Wildman–Crippen LogP) is 3.46. The van der Waals surface area contributed by atoms with E-state index in [0.29, 0.717) is 11.3 Å². The zero-order valence-electron chi connectivity index (χ0n) is 16.0. The Hall–Kier alpha value is -3.72. The number of aliphatic hydroxyl groups is 1. The highest BCUT2D eigenvalue weighted by atomic mass is 32.1. The van der Waals surface area contributed by atoms with Crippen LogP contribution in [-0.4, -0.2) is 34.9 Å². The van der Waals surface area contributed by atoms with Gasteiger partial charge in [-0.05, 0) is 19.1 Å². The quantitative estimate of drug-likeness (QED) is 0.296. The molecule has 0 bridgehead atoms. The molecule has 1 atom stereocenters. The summed E-state index contributed by atoms with van der Waals surface area (Å²) in [7, 11) is 1.25. The maximum atomic E-state index is 13.0. The van der Waals surface area contributed by atoms with Crippen LogP contribution in [-0.2, 0) is 14.3 Å². The minimum Gasteiger partial charge on any atom is -0.507 e. The topological polar surface area (TPSA) is 110 Å². The average molecular weight is 424 g/mol. The summed E-state index contributed by atoms with van der Waals surface area (Å²) in [5, 5.41) is 11.0. The second-order valence-electron chi connectivity index (χ2n) is 6.45. The number of hydrogen-bond acceptors (Lipinski definition) is 8. The predicted molar refractivity (Wildman–Crippen MR) is 108 cm³/mol. The summed E-state index contributed by atoms with van der Waals surface area (Å²) in [4.78, 5) is 43.5. The number of thiazole rings is 1. The van der Waals surface area contributed by atoms with Crippen LogP contribution in [0.15, 0.2) is 58.7 Å². The molecular formula is C21H16N2O6S. The number of aliphatic hydroxyl groups excluding tert-OH is 1. The van der Waals surface area contributed by atoms with Gasteiger partial charge in [0.1, 0.15) is 22.4 Å². The number of carbonyl (C=O) groups excluding carboxylic acids is 3. The molecule has 4 rings (SSSR count). The molecule has 2 aromatic heterocycles. The molecule has 30 heavy (non-hydrogen) atoms. The number of furan rings is 1. The van der Waals surface area contributed by atoms with Crippen molar-refractivity contribution in [3.8, 4) is 0 Å². The molecule has 0 aliphatic carbocycles. The highest BCUT2D eigenvalue weighted by molar-refractivity contribution is 7.17. The standard InChI is InChI=1S/C21H16N2O6S/c1-11-18(20(27)28-2)30-21(22-11)23-15(13-9-6-10-29-13)14(17(25)19(23)26)16(24)12-7-4-3-5-8-12/h3-10,15,24H,1-2H3/b16-14+/t15-/m1/s1. The molecule has 1 amide bonds. The summed E-state index contributed by atoms with van der Waals surface area (Å²) in [5.41, 5.74) is 0.635. The van der Waals surface area contributed by atoms with Crippen molar-refractivity contribution in [2.75, 3.05) is 12.0 Å². The van der Waals surface area contributed by atoms with Gasteiger partial charge in [0, 0.05) is 5.56 Å². The number of ether oxygens (including phenoxy) is 1. The first-order valence-corrected chi connectivity index (χ1v) is 9.71. The molecule has 9 heteroatoms. The number of nitrogens with zero attached hydrogens (tertiary/aromatic N) is 2. The second kappa shape index (κ2) is 7.60. The molecule has 0 spiro atoms. The molecule has 3 aromatic rings. The Morgan fingerprint density at radius 3 is 2.57 bits per heavy atom. The molecule has 3 heterocycles. The molecule has 1 aliphatic heterocycles. The smallest absolute Gasteiger partial charge is 0.350 e. The molecule has 1 aromatic carbocycles. The number of hydrogen-bond donors (Lipinski definition) is 1. The number of rotatable bonds is 4. The third-order valence-electron chi connectivity index (χ3n) is 4.67. The number of benzene rings is 1. The number of methoxy groups -OCH3 is 1. The Bertz CT molecular complexity index is 1160. The summed E-state index contributed by atoms with van der Waals surface area (Å²) in [6.45, 7) is 1.61. The van der Waals surface area contributed by atoms with E-state index in [0.717, 1.165) is 16.2 Å². The number of aryl methyl sites for hydroxylation is 1. The van der Waals surface area contributed by atoms with Crippen molar-refractivity contribution in [2.45, 2.75) is 13.0 Å². The largest absolute Gasteiger partial charge is 0.507 e. The third-order valence-corrected chi connectivity index (χ3v) is 5.80. The normalized spacial score (nSPS) is 18.1. The lowest BCUT2D eigenvalue weighted by molar-refractivity contribution is -0.132. The van der Waals surface area contributed by atoms with E-state index in [9.17, 15) is 19.5 Å². The average Bonchev–Trinajstić information content (AvgIpc) is 3.47. The first-order valence-electron chi connectivity index (χ1n) is 8.89. The highest BCUT2D eigenvalue weighted by Gasteiger charge is 2.49. The van der Waals surface area contributed by atoms with Gasteiger partial charge in [-0.1, -0.05) is 41.7 Å². The van der Waals surface area contributed by atoms with Crippen molar-refractivity contribution >= 4 is 39.9 Å².